The summed E-state index contributed by atoms with van der Waals surface area (Å²) in [4.78, 5) is 41.5. The minimum Gasteiger partial charge on any atom is -0.463 e. The van der Waals surface area contributed by atoms with Crippen molar-refractivity contribution in [3.05, 3.63) is 60.2 Å². The van der Waals surface area contributed by atoms with E-state index in [1.807, 2.05) is 78.8 Å². The zero-order chi connectivity index (χ0) is 28.6. The van der Waals surface area contributed by atoms with E-state index in [1.165, 1.54) is 0 Å². The SMILES string of the molecule is C=CC[C@@H](C(=O)N[C@H](C(=O)N(C)[C@H](C=C(C)C(=O)OCC)C(C)C)C(C)(C)C)C(C)(C)c1ccccc1. The molecule has 0 saturated heterocycles. The second kappa shape index (κ2) is 13.6. The predicted octanol–water partition coefficient (Wildman–Crippen LogP) is 5.68. The van der Waals surface area contributed by atoms with Gasteiger partial charge in [-0.1, -0.05) is 91.0 Å². The number of hydrogen-bond acceptors (Lipinski definition) is 4. The van der Waals surface area contributed by atoms with Crippen LogP contribution >= 0.6 is 0 Å². The van der Waals surface area contributed by atoms with Crippen LogP contribution in [0.5, 0.6) is 0 Å². The van der Waals surface area contributed by atoms with Crippen LogP contribution in [-0.2, 0) is 24.5 Å². The number of carbonyl (C=O) groups is 3. The van der Waals surface area contributed by atoms with E-state index in [4.69, 9.17) is 4.74 Å². The highest BCUT2D eigenvalue weighted by Crippen LogP contribution is 2.35. The normalized spacial score (nSPS) is 14.9. The van der Waals surface area contributed by atoms with E-state index in [-0.39, 0.29) is 30.4 Å². The van der Waals surface area contributed by atoms with Crippen LogP contribution < -0.4 is 5.32 Å². The Morgan fingerprint density at radius 2 is 1.65 bits per heavy atom. The number of nitrogens with one attached hydrogen (secondary N) is 1. The number of hydrogen-bond donors (Lipinski definition) is 1. The first kappa shape index (κ1) is 32.1. The molecule has 1 aromatic carbocycles. The molecular formula is C31H48N2O4. The summed E-state index contributed by atoms with van der Waals surface area (Å²) < 4.78 is 5.12. The van der Waals surface area contributed by atoms with Crippen LogP contribution in [0.4, 0.5) is 0 Å². The molecule has 37 heavy (non-hydrogen) atoms. The molecule has 3 atom stereocenters. The summed E-state index contributed by atoms with van der Waals surface area (Å²) in [5.74, 6) is -1.16. The lowest BCUT2D eigenvalue weighted by Gasteiger charge is -2.40. The van der Waals surface area contributed by atoms with Crippen molar-refractivity contribution in [1.29, 1.82) is 0 Å². The van der Waals surface area contributed by atoms with Crippen molar-refractivity contribution in [3.63, 3.8) is 0 Å². The highest BCUT2D eigenvalue weighted by Gasteiger charge is 2.41. The summed E-state index contributed by atoms with van der Waals surface area (Å²) in [5, 5.41) is 3.10. The molecule has 0 aliphatic heterocycles. The van der Waals surface area contributed by atoms with Crippen LogP contribution in [0.2, 0.25) is 0 Å². The van der Waals surface area contributed by atoms with Gasteiger partial charge in [0.05, 0.1) is 18.6 Å². The molecule has 0 aliphatic rings. The highest BCUT2D eigenvalue weighted by atomic mass is 16.5. The summed E-state index contributed by atoms with van der Waals surface area (Å²) in [6.45, 7) is 21.5. The number of carbonyl (C=O) groups excluding carboxylic acids is 3. The predicted molar refractivity (Wildman–Crippen MR) is 151 cm³/mol. The molecule has 6 nitrogen and oxygen atoms in total. The van der Waals surface area contributed by atoms with E-state index in [2.05, 4.69) is 11.9 Å². The Morgan fingerprint density at radius 1 is 1.08 bits per heavy atom. The number of likely N-dealkylation sites (N-methyl/N-ethyl adjacent to an activating group) is 1. The van der Waals surface area contributed by atoms with Gasteiger partial charge in [-0.05, 0) is 37.2 Å². The molecule has 0 aliphatic carbocycles. The number of allylic oxidation sites excluding steroid dienone is 1. The Labute approximate surface area is 224 Å². The van der Waals surface area contributed by atoms with Crippen molar-refractivity contribution < 1.29 is 19.1 Å². The molecule has 2 amide bonds. The van der Waals surface area contributed by atoms with Crippen molar-refractivity contribution in [2.45, 2.75) is 86.2 Å². The maximum atomic E-state index is 13.9. The molecule has 0 unspecified atom stereocenters. The van der Waals surface area contributed by atoms with Gasteiger partial charge in [0.2, 0.25) is 11.8 Å². The topological polar surface area (TPSA) is 75.7 Å². The Balaban J connectivity index is 3.34. The lowest BCUT2D eigenvalue weighted by atomic mass is 9.71. The van der Waals surface area contributed by atoms with Gasteiger partial charge in [-0.25, -0.2) is 4.79 Å². The van der Waals surface area contributed by atoms with Gasteiger partial charge in [0.15, 0.2) is 0 Å². The van der Waals surface area contributed by atoms with Crippen molar-refractivity contribution in [2.24, 2.45) is 17.3 Å². The number of rotatable bonds is 12. The first-order chi connectivity index (χ1) is 17.1. The van der Waals surface area contributed by atoms with Gasteiger partial charge in [0, 0.05) is 18.0 Å². The molecule has 1 rings (SSSR count). The third-order valence-corrected chi connectivity index (χ3v) is 7.00. The summed E-state index contributed by atoms with van der Waals surface area (Å²) in [6, 6.07) is 8.83. The lowest BCUT2D eigenvalue weighted by Crippen LogP contribution is -2.58. The molecule has 6 heteroatoms. The van der Waals surface area contributed by atoms with Crippen molar-refractivity contribution in [3.8, 4) is 0 Å². The fourth-order valence-corrected chi connectivity index (χ4v) is 4.53. The summed E-state index contributed by atoms with van der Waals surface area (Å²) >= 11 is 0. The van der Waals surface area contributed by atoms with Crippen molar-refractivity contribution >= 4 is 17.8 Å². The van der Waals surface area contributed by atoms with Gasteiger partial charge in [-0.3, -0.25) is 9.59 Å². The molecule has 0 heterocycles. The monoisotopic (exact) mass is 512 g/mol. The summed E-state index contributed by atoms with van der Waals surface area (Å²) in [6.07, 6.45) is 4.01. The van der Waals surface area contributed by atoms with Crippen LogP contribution in [0.3, 0.4) is 0 Å². The van der Waals surface area contributed by atoms with Crippen LogP contribution in [0, 0.1) is 17.3 Å². The number of benzene rings is 1. The number of ether oxygens (including phenoxy) is 1. The van der Waals surface area contributed by atoms with E-state index in [1.54, 1.807) is 37.9 Å². The number of amides is 2. The first-order valence-corrected chi connectivity index (χ1v) is 13.2. The molecule has 0 saturated carbocycles. The molecule has 0 aromatic heterocycles. The zero-order valence-corrected chi connectivity index (χ0v) is 24.6. The highest BCUT2D eigenvalue weighted by molar-refractivity contribution is 5.91. The summed E-state index contributed by atoms with van der Waals surface area (Å²) in [5.41, 5.74) is 0.481. The van der Waals surface area contributed by atoms with Gasteiger partial charge >= 0.3 is 5.97 Å². The van der Waals surface area contributed by atoms with Crippen LogP contribution in [-0.4, -0.2) is 48.4 Å². The Bertz CT molecular complexity index is 957. The van der Waals surface area contributed by atoms with Crippen LogP contribution in [0.25, 0.3) is 0 Å². The van der Waals surface area contributed by atoms with Crippen LogP contribution in [0.15, 0.2) is 54.6 Å². The minimum absolute atomic E-state index is 0.0418. The van der Waals surface area contributed by atoms with Gasteiger partial charge in [-0.2, -0.15) is 0 Å². The van der Waals surface area contributed by atoms with Crippen molar-refractivity contribution in [1.82, 2.24) is 10.2 Å². The zero-order valence-electron chi connectivity index (χ0n) is 24.6. The third kappa shape index (κ3) is 8.58. The first-order valence-electron chi connectivity index (χ1n) is 13.2. The average Bonchev–Trinajstić information content (AvgIpc) is 2.82. The lowest BCUT2D eigenvalue weighted by molar-refractivity contribution is -0.141. The fraction of sp³-hybridized carbons (Fsp3) is 0.581. The summed E-state index contributed by atoms with van der Waals surface area (Å²) in [7, 11) is 1.72. The smallest absolute Gasteiger partial charge is 0.333 e. The molecule has 0 spiro atoms. The Hall–Kier alpha value is -2.89. The maximum Gasteiger partial charge on any atom is 0.333 e. The minimum atomic E-state index is -0.763. The van der Waals surface area contributed by atoms with E-state index in [9.17, 15) is 14.4 Å². The van der Waals surface area contributed by atoms with E-state index < -0.39 is 28.8 Å². The Kier molecular flexibility index (Phi) is 11.8. The molecule has 0 radical (unpaired) electrons. The third-order valence-electron chi connectivity index (χ3n) is 7.00. The fourth-order valence-electron chi connectivity index (χ4n) is 4.53. The second-order valence-corrected chi connectivity index (χ2v) is 11.7. The quantitative estimate of drug-likeness (QED) is 0.222. The van der Waals surface area contributed by atoms with Crippen LogP contribution in [0.1, 0.15) is 74.3 Å². The van der Waals surface area contributed by atoms with Gasteiger partial charge in [0.1, 0.15) is 6.04 Å². The largest absolute Gasteiger partial charge is 0.463 e. The van der Waals surface area contributed by atoms with E-state index in [0.29, 0.717) is 12.0 Å². The number of esters is 1. The van der Waals surface area contributed by atoms with Gasteiger partial charge in [-0.15, -0.1) is 6.58 Å². The maximum absolute atomic E-state index is 13.9. The molecule has 1 N–H and O–H groups in total. The standard InChI is InChI=1S/C31H48N2O4/c1-12-17-24(31(9,10)23-18-15-14-16-19-23)27(34)32-26(30(6,7)8)28(35)33(11)25(21(3)4)20-22(5)29(36)37-13-2/h12,14-16,18-21,24-26H,1,13,17H2,2-11H3,(H,32,34)/t24-,25+,26+/m0/s1. The second-order valence-electron chi connectivity index (χ2n) is 11.7. The van der Waals surface area contributed by atoms with Gasteiger partial charge in [0.25, 0.3) is 0 Å². The molecule has 1 aromatic rings. The molecule has 0 fully saturated rings. The Morgan fingerprint density at radius 3 is 2.11 bits per heavy atom. The van der Waals surface area contributed by atoms with E-state index in [0.717, 1.165) is 5.56 Å². The van der Waals surface area contributed by atoms with Gasteiger partial charge < -0.3 is 15.0 Å². The number of nitrogens with zero attached hydrogens (tertiary/aromatic N) is 1. The van der Waals surface area contributed by atoms with E-state index >= 15 is 0 Å². The molecule has 0 bridgehead atoms. The van der Waals surface area contributed by atoms with Crippen molar-refractivity contribution in [2.75, 3.05) is 13.7 Å². The molecular weight excluding hydrogens is 464 g/mol. The average molecular weight is 513 g/mol. The molecule has 206 valence electrons.